The Balaban J connectivity index is 2.09. The van der Waals surface area contributed by atoms with Crippen LogP contribution in [0.2, 0.25) is 0 Å². The van der Waals surface area contributed by atoms with Gasteiger partial charge in [-0.1, -0.05) is 50.3 Å². The smallest absolute Gasteiger partial charge is 0.175 e. The van der Waals surface area contributed by atoms with Crippen molar-refractivity contribution in [2.45, 2.75) is 43.4 Å². The molecule has 0 spiro atoms. The number of hydrogen-bond acceptors (Lipinski definition) is 3. The van der Waals surface area contributed by atoms with Crippen molar-refractivity contribution in [2.24, 2.45) is 5.92 Å². The molecular weight excluding hydrogens is 284 g/mol. The van der Waals surface area contributed by atoms with E-state index in [1.165, 1.54) is 38.4 Å². The van der Waals surface area contributed by atoms with Gasteiger partial charge in [0.15, 0.2) is 9.84 Å². The summed E-state index contributed by atoms with van der Waals surface area (Å²) >= 11 is 0. The van der Waals surface area contributed by atoms with Gasteiger partial charge in [0, 0.05) is 6.26 Å². The van der Waals surface area contributed by atoms with Gasteiger partial charge in [0.1, 0.15) is 0 Å². The maximum Gasteiger partial charge on any atom is 0.175 e. The molecule has 0 saturated heterocycles. The molecule has 0 atom stereocenters. The highest BCUT2D eigenvalue weighted by molar-refractivity contribution is 7.90. The summed E-state index contributed by atoms with van der Waals surface area (Å²) < 4.78 is 22.9. The number of benzene rings is 1. The number of allylic oxidation sites excluding steroid dienone is 1. The summed E-state index contributed by atoms with van der Waals surface area (Å²) in [7, 11) is -3.16. The molecule has 2 rings (SSSR count). The van der Waals surface area contributed by atoms with Crippen molar-refractivity contribution >= 4 is 15.4 Å². The van der Waals surface area contributed by atoms with Gasteiger partial charge in [-0.15, -0.1) is 0 Å². The summed E-state index contributed by atoms with van der Waals surface area (Å²) in [6, 6.07) is 6.77. The maximum absolute atomic E-state index is 11.5. The van der Waals surface area contributed by atoms with Crippen molar-refractivity contribution in [3.05, 3.63) is 35.9 Å². The van der Waals surface area contributed by atoms with E-state index in [0.29, 0.717) is 4.90 Å². The molecule has 1 aliphatic carbocycles. The molecule has 0 aromatic heterocycles. The average molecular weight is 308 g/mol. The highest BCUT2D eigenvalue weighted by Crippen LogP contribution is 2.28. The van der Waals surface area contributed by atoms with Crippen LogP contribution in [0.5, 0.6) is 0 Å². The first kappa shape index (κ1) is 16.2. The number of rotatable bonds is 5. The molecule has 0 radical (unpaired) electrons. The first-order chi connectivity index (χ1) is 10.0. The molecule has 4 heteroatoms. The first-order valence-electron chi connectivity index (χ1n) is 7.61. The monoisotopic (exact) mass is 308 g/mol. The lowest BCUT2D eigenvalue weighted by atomic mass is 9.86. The first-order valence-corrected chi connectivity index (χ1v) is 9.50. The predicted octanol–water partition coefficient (Wildman–Crippen LogP) is 3.44. The number of hydrogen-bond donors (Lipinski definition) is 1. The van der Waals surface area contributed by atoms with Gasteiger partial charge in [0.05, 0.1) is 11.5 Å². The Morgan fingerprint density at radius 2 is 1.81 bits per heavy atom. The fraction of sp³-hybridized carbons (Fsp3) is 0.529. The summed E-state index contributed by atoms with van der Waals surface area (Å²) in [6.45, 7) is -0.00899. The summed E-state index contributed by atoms with van der Waals surface area (Å²) in [6.07, 6.45) is 10.9. The average Bonchev–Trinajstić information content (AvgIpc) is 2.48. The second kappa shape index (κ2) is 7.23. The van der Waals surface area contributed by atoms with Crippen molar-refractivity contribution in [3.8, 4) is 0 Å². The van der Waals surface area contributed by atoms with Crippen LogP contribution in [0.1, 0.15) is 44.1 Å². The highest BCUT2D eigenvalue weighted by atomic mass is 32.2. The van der Waals surface area contributed by atoms with E-state index in [0.717, 1.165) is 23.5 Å². The molecule has 1 N–H and O–H groups in total. The topological polar surface area (TPSA) is 54.4 Å². The van der Waals surface area contributed by atoms with Gasteiger partial charge in [-0.3, -0.25) is 0 Å². The third-order valence-corrected chi connectivity index (χ3v) is 5.37. The van der Waals surface area contributed by atoms with E-state index in [1.807, 2.05) is 0 Å². The lowest BCUT2D eigenvalue weighted by Gasteiger charge is -2.20. The van der Waals surface area contributed by atoms with Crippen LogP contribution in [0.15, 0.2) is 35.2 Å². The molecule has 0 amide bonds. The van der Waals surface area contributed by atoms with Crippen LogP contribution in [0.4, 0.5) is 0 Å². The molecule has 3 nitrogen and oxygen atoms in total. The standard InChI is InChI=1S/C17H24O3S/c1-21(19,20)17-11-9-15(10-12-17)16(13-18)8-7-14-5-3-2-4-6-14/h8-12,14,18H,2-7,13H2,1H3/b16-8-. The fourth-order valence-electron chi connectivity index (χ4n) is 2.92. The van der Waals surface area contributed by atoms with Crippen LogP contribution in [0.3, 0.4) is 0 Å². The largest absolute Gasteiger partial charge is 0.392 e. The summed E-state index contributed by atoms with van der Waals surface area (Å²) in [4.78, 5) is 0.316. The van der Waals surface area contributed by atoms with Crippen LogP contribution in [-0.2, 0) is 9.84 Å². The van der Waals surface area contributed by atoms with Crippen molar-refractivity contribution < 1.29 is 13.5 Å². The zero-order valence-corrected chi connectivity index (χ0v) is 13.4. The zero-order chi connectivity index (χ0) is 15.3. The Labute approximate surface area is 127 Å². The van der Waals surface area contributed by atoms with Crippen molar-refractivity contribution in [1.29, 1.82) is 0 Å². The van der Waals surface area contributed by atoms with E-state index in [-0.39, 0.29) is 6.61 Å². The minimum Gasteiger partial charge on any atom is -0.392 e. The number of aliphatic hydroxyl groups is 1. The Morgan fingerprint density at radius 3 is 2.33 bits per heavy atom. The minimum absolute atomic E-state index is 0.00899. The van der Waals surface area contributed by atoms with E-state index in [2.05, 4.69) is 6.08 Å². The quantitative estimate of drug-likeness (QED) is 0.906. The normalized spacial score (nSPS) is 17.9. The molecule has 0 unspecified atom stereocenters. The SMILES string of the molecule is CS(=O)(=O)c1ccc(/C(=C\CC2CCCCC2)CO)cc1. The lowest BCUT2D eigenvalue weighted by molar-refractivity contribution is 0.346. The summed E-state index contributed by atoms with van der Waals surface area (Å²) in [5, 5.41) is 9.55. The lowest BCUT2D eigenvalue weighted by Crippen LogP contribution is -2.05. The van der Waals surface area contributed by atoms with Crippen molar-refractivity contribution in [3.63, 3.8) is 0 Å². The van der Waals surface area contributed by atoms with Gasteiger partial charge >= 0.3 is 0 Å². The van der Waals surface area contributed by atoms with E-state index in [1.54, 1.807) is 24.3 Å². The van der Waals surface area contributed by atoms with Crippen LogP contribution in [0.25, 0.3) is 5.57 Å². The Morgan fingerprint density at radius 1 is 1.19 bits per heavy atom. The van der Waals surface area contributed by atoms with Gasteiger partial charge in [-0.2, -0.15) is 0 Å². The van der Waals surface area contributed by atoms with Crippen molar-refractivity contribution in [2.75, 3.05) is 12.9 Å². The third-order valence-electron chi connectivity index (χ3n) is 4.25. The molecule has 1 aromatic rings. The molecule has 0 aliphatic heterocycles. The van der Waals surface area contributed by atoms with E-state index >= 15 is 0 Å². The molecular formula is C17H24O3S. The zero-order valence-electron chi connectivity index (χ0n) is 12.6. The Bertz CT molecular complexity index is 579. The third kappa shape index (κ3) is 4.68. The predicted molar refractivity (Wildman–Crippen MR) is 85.8 cm³/mol. The molecule has 21 heavy (non-hydrogen) atoms. The fourth-order valence-corrected chi connectivity index (χ4v) is 3.55. The van der Waals surface area contributed by atoms with Crippen LogP contribution in [0, 0.1) is 5.92 Å². The van der Waals surface area contributed by atoms with Crippen LogP contribution >= 0.6 is 0 Å². The van der Waals surface area contributed by atoms with E-state index in [4.69, 9.17) is 0 Å². The van der Waals surface area contributed by atoms with Crippen LogP contribution in [-0.4, -0.2) is 26.4 Å². The maximum atomic E-state index is 11.5. The molecule has 1 aliphatic rings. The number of aliphatic hydroxyl groups excluding tert-OH is 1. The minimum atomic E-state index is -3.16. The van der Waals surface area contributed by atoms with Gasteiger partial charge in [-0.25, -0.2) is 8.42 Å². The molecule has 1 saturated carbocycles. The van der Waals surface area contributed by atoms with Gasteiger partial charge in [0.25, 0.3) is 0 Å². The van der Waals surface area contributed by atoms with E-state index in [9.17, 15) is 13.5 Å². The second-order valence-corrected chi connectivity index (χ2v) is 7.94. The number of sulfone groups is 1. The Kier molecular flexibility index (Phi) is 5.59. The molecule has 116 valence electrons. The van der Waals surface area contributed by atoms with Gasteiger partial charge < -0.3 is 5.11 Å². The molecule has 1 fully saturated rings. The molecule has 0 bridgehead atoms. The van der Waals surface area contributed by atoms with Crippen LogP contribution < -0.4 is 0 Å². The second-order valence-electron chi connectivity index (χ2n) is 5.92. The van der Waals surface area contributed by atoms with Gasteiger partial charge in [-0.05, 0) is 35.6 Å². The summed E-state index contributed by atoms with van der Waals surface area (Å²) in [5.74, 6) is 0.732. The summed E-state index contributed by atoms with van der Waals surface area (Å²) in [5.41, 5.74) is 1.79. The molecule has 1 aromatic carbocycles. The highest BCUT2D eigenvalue weighted by Gasteiger charge is 2.13. The van der Waals surface area contributed by atoms with E-state index < -0.39 is 9.84 Å². The Hall–Kier alpha value is -1.13. The van der Waals surface area contributed by atoms with Gasteiger partial charge in [0.2, 0.25) is 0 Å². The van der Waals surface area contributed by atoms with Crippen molar-refractivity contribution in [1.82, 2.24) is 0 Å². The molecule has 0 heterocycles.